The number of amides is 2. The van der Waals surface area contributed by atoms with Crippen LogP contribution < -0.4 is 20.1 Å². The Labute approximate surface area is 141 Å². The highest BCUT2D eigenvalue weighted by Gasteiger charge is 2.65. The number of fused-ring (bicyclic) bond motifs is 1. The van der Waals surface area contributed by atoms with E-state index in [9.17, 15) is 18.0 Å². The molecule has 0 saturated heterocycles. The highest BCUT2D eigenvalue weighted by Crippen LogP contribution is 2.45. The summed E-state index contributed by atoms with van der Waals surface area (Å²) in [6, 6.07) is 2.73. The lowest BCUT2D eigenvalue weighted by Gasteiger charge is -2.29. The summed E-state index contributed by atoms with van der Waals surface area (Å²) in [5, 5.41) is 4.23. The molecule has 1 aliphatic heterocycles. The molecule has 0 aromatic heterocycles. The van der Waals surface area contributed by atoms with Crippen molar-refractivity contribution >= 4 is 17.6 Å². The third kappa shape index (κ3) is 4.15. The van der Waals surface area contributed by atoms with Crippen molar-refractivity contribution < 1.29 is 27.4 Å². The van der Waals surface area contributed by atoms with E-state index in [1.165, 1.54) is 18.2 Å². The van der Waals surface area contributed by atoms with Crippen LogP contribution in [0.5, 0.6) is 11.5 Å². The number of urea groups is 1. The SMILES string of the molecule is CN(C)CCCNC(=O)N[C@@]1(C(F)(F)F)Oc2ccc(Cl)cc2O1. The van der Waals surface area contributed by atoms with Crippen molar-refractivity contribution in [2.75, 3.05) is 27.2 Å². The van der Waals surface area contributed by atoms with Gasteiger partial charge in [0.25, 0.3) is 0 Å². The topological polar surface area (TPSA) is 62.8 Å². The molecule has 0 radical (unpaired) electrons. The average molecular weight is 368 g/mol. The first-order valence-electron chi connectivity index (χ1n) is 7.08. The van der Waals surface area contributed by atoms with Gasteiger partial charge in [0.15, 0.2) is 11.5 Å². The number of halogens is 4. The monoisotopic (exact) mass is 367 g/mol. The lowest BCUT2D eigenvalue weighted by atomic mass is 10.3. The maximum atomic E-state index is 13.4. The zero-order chi connectivity index (χ0) is 18.0. The minimum Gasteiger partial charge on any atom is -0.424 e. The quantitative estimate of drug-likeness (QED) is 0.785. The first-order valence-corrected chi connectivity index (χ1v) is 7.46. The van der Waals surface area contributed by atoms with E-state index in [0.29, 0.717) is 13.0 Å². The molecule has 1 aromatic carbocycles. The van der Waals surface area contributed by atoms with E-state index in [2.05, 4.69) is 5.32 Å². The molecular weight excluding hydrogens is 351 g/mol. The van der Waals surface area contributed by atoms with Gasteiger partial charge in [0, 0.05) is 17.6 Å². The summed E-state index contributed by atoms with van der Waals surface area (Å²) in [5.41, 5.74) is 0. The van der Waals surface area contributed by atoms with Crippen LogP contribution in [0.15, 0.2) is 18.2 Å². The number of carbonyl (C=O) groups excluding carboxylic acids is 1. The normalized spacial score (nSPS) is 19.5. The van der Waals surface area contributed by atoms with E-state index in [0.717, 1.165) is 0 Å². The van der Waals surface area contributed by atoms with Crippen molar-refractivity contribution in [3.63, 3.8) is 0 Å². The molecule has 1 atom stereocenters. The van der Waals surface area contributed by atoms with Gasteiger partial charge in [0.2, 0.25) is 0 Å². The van der Waals surface area contributed by atoms with Gasteiger partial charge in [-0.1, -0.05) is 11.6 Å². The smallest absolute Gasteiger partial charge is 0.424 e. The lowest BCUT2D eigenvalue weighted by Crippen LogP contribution is -2.66. The van der Waals surface area contributed by atoms with Crippen molar-refractivity contribution in [3.05, 3.63) is 23.2 Å². The Bertz CT molecular complexity index is 613. The molecule has 2 amide bonds. The summed E-state index contributed by atoms with van der Waals surface area (Å²) in [4.78, 5) is 13.7. The fourth-order valence-electron chi connectivity index (χ4n) is 2.00. The van der Waals surface area contributed by atoms with Crippen LogP contribution in [0.4, 0.5) is 18.0 Å². The Morgan fingerprint density at radius 3 is 2.58 bits per heavy atom. The molecule has 2 N–H and O–H groups in total. The Kier molecular flexibility index (Phi) is 5.34. The molecule has 10 heteroatoms. The Balaban J connectivity index is 2.04. The van der Waals surface area contributed by atoms with Gasteiger partial charge >= 0.3 is 18.1 Å². The standard InChI is InChI=1S/C14H17ClF3N3O3/c1-21(2)7-3-6-19-12(22)20-14(13(16,17)18)23-10-5-4-9(15)8-11(10)24-14/h4-5,8H,3,6-7H2,1-2H3,(H2,19,20,22)/t14-/m0/s1. The predicted octanol–water partition coefficient (Wildman–Crippen LogP) is 2.58. The number of hydrogen-bond acceptors (Lipinski definition) is 4. The van der Waals surface area contributed by atoms with Gasteiger partial charge in [-0.15, -0.1) is 0 Å². The molecule has 0 unspecified atom stereocenters. The predicted molar refractivity (Wildman–Crippen MR) is 81.2 cm³/mol. The van der Waals surface area contributed by atoms with Gasteiger partial charge in [-0.2, -0.15) is 13.2 Å². The van der Waals surface area contributed by atoms with Gasteiger partial charge in [-0.25, -0.2) is 4.79 Å². The molecule has 24 heavy (non-hydrogen) atoms. The number of nitrogens with zero attached hydrogens (tertiary/aromatic N) is 1. The van der Waals surface area contributed by atoms with Crippen molar-refractivity contribution in [3.8, 4) is 11.5 Å². The van der Waals surface area contributed by atoms with Crippen LogP contribution in [0.25, 0.3) is 0 Å². The van der Waals surface area contributed by atoms with Gasteiger partial charge in [-0.05, 0) is 39.2 Å². The van der Waals surface area contributed by atoms with Crippen LogP contribution in [0.1, 0.15) is 6.42 Å². The summed E-state index contributed by atoms with van der Waals surface area (Å²) in [6.45, 7) is 0.887. The van der Waals surface area contributed by atoms with Crippen molar-refractivity contribution in [1.29, 1.82) is 0 Å². The Hall–Kier alpha value is -1.87. The second-order valence-corrected chi connectivity index (χ2v) is 5.88. The third-order valence-electron chi connectivity index (χ3n) is 3.13. The van der Waals surface area contributed by atoms with E-state index in [-0.39, 0.29) is 23.1 Å². The molecule has 1 aromatic rings. The number of alkyl halides is 3. The molecule has 0 aliphatic carbocycles. The van der Waals surface area contributed by atoms with Gasteiger partial charge < -0.3 is 19.7 Å². The first-order chi connectivity index (χ1) is 11.1. The summed E-state index contributed by atoms with van der Waals surface area (Å²) in [6.07, 6.45) is -4.42. The van der Waals surface area contributed by atoms with Crippen LogP contribution in [0, 0.1) is 0 Å². The molecule has 0 fully saturated rings. The number of carbonyl (C=O) groups is 1. The third-order valence-corrected chi connectivity index (χ3v) is 3.37. The van der Waals surface area contributed by atoms with Gasteiger partial charge in [0.05, 0.1) is 0 Å². The maximum absolute atomic E-state index is 13.4. The fourth-order valence-corrected chi connectivity index (χ4v) is 2.17. The van der Waals surface area contributed by atoms with E-state index in [1.807, 2.05) is 19.0 Å². The second-order valence-electron chi connectivity index (χ2n) is 5.45. The van der Waals surface area contributed by atoms with Crippen LogP contribution in [0.2, 0.25) is 5.02 Å². The Morgan fingerprint density at radius 2 is 1.96 bits per heavy atom. The largest absolute Gasteiger partial charge is 0.492 e. The molecular formula is C14H17ClF3N3O3. The second kappa shape index (κ2) is 6.94. The molecule has 1 heterocycles. The number of nitrogens with one attached hydrogen (secondary N) is 2. The summed E-state index contributed by atoms with van der Waals surface area (Å²) in [5.74, 6) is -3.65. The lowest BCUT2D eigenvalue weighted by molar-refractivity contribution is -0.317. The molecule has 0 saturated carbocycles. The molecule has 0 spiro atoms. The number of rotatable bonds is 5. The number of ether oxygens (including phenoxy) is 2. The van der Waals surface area contributed by atoms with Crippen molar-refractivity contribution in [1.82, 2.24) is 15.5 Å². The highest BCUT2D eigenvalue weighted by atomic mass is 35.5. The molecule has 2 rings (SSSR count). The molecule has 6 nitrogen and oxygen atoms in total. The van der Waals surface area contributed by atoms with Crippen LogP contribution >= 0.6 is 11.6 Å². The fraction of sp³-hybridized carbons (Fsp3) is 0.500. The van der Waals surface area contributed by atoms with E-state index in [1.54, 1.807) is 5.32 Å². The van der Waals surface area contributed by atoms with Crippen molar-refractivity contribution in [2.24, 2.45) is 0 Å². The summed E-state index contributed by atoms with van der Waals surface area (Å²) in [7, 11) is 3.70. The van der Waals surface area contributed by atoms with Crippen LogP contribution in [-0.2, 0) is 0 Å². The summed E-state index contributed by atoms with van der Waals surface area (Å²) >= 11 is 5.73. The first kappa shape index (κ1) is 18.5. The van der Waals surface area contributed by atoms with E-state index >= 15 is 0 Å². The zero-order valence-corrected chi connectivity index (χ0v) is 13.8. The summed E-state index contributed by atoms with van der Waals surface area (Å²) < 4.78 is 49.9. The number of benzene rings is 1. The highest BCUT2D eigenvalue weighted by molar-refractivity contribution is 6.30. The van der Waals surface area contributed by atoms with Crippen LogP contribution in [-0.4, -0.2) is 50.2 Å². The minimum absolute atomic E-state index is 0.162. The van der Waals surface area contributed by atoms with Gasteiger partial charge in [0.1, 0.15) is 0 Å². The zero-order valence-electron chi connectivity index (χ0n) is 13.0. The molecule has 0 bridgehead atoms. The number of hydrogen-bond donors (Lipinski definition) is 2. The maximum Gasteiger partial charge on any atom is 0.492 e. The van der Waals surface area contributed by atoms with Gasteiger partial charge in [-0.3, -0.25) is 5.32 Å². The van der Waals surface area contributed by atoms with Crippen molar-refractivity contribution in [2.45, 2.75) is 18.5 Å². The molecule has 134 valence electrons. The van der Waals surface area contributed by atoms with E-state index < -0.39 is 18.1 Å². The van der Waals surface area contributed by atoms with Crippen LogP contribution in [0.3, 0.4) is 0 Å². The van der Waals surface area contributed by atoms with E-state index in [4.69, 9.17) is 21.1 Å². The average Bonchev–Trinajstić information content (AvgIpc) is 2.81. The Morgan fingerprint density at radius 1 is 1.29 bits per heavy atom. The minimum atomic E-state index is -5.00. The molecule has 1 aliphatic rings.